The Morgan fingerprint density at radius 2 is 1.76 bits per heavy atom. The average Bonchev–Trinajstić information content (AvgIpc) is 3.33. The number of carbonyl (C=O) groups excluding carboxylic acids is 1. The lowest BCUT2D eigenvalue weighted by Gasteiger charge is -2.64. The fraction of sp³-hybridized carbons (Fsp3) is 0.811. The topological polar surface area (TPSA) is 105 Å². The Hall–Kier alpha value is -1.80. The molecule has 4 aliphatic carbocycles. The molecule has 1 unspecified atom stereocenters. The van der Waals surface area contributed by atoms with Crippen molar-refractivity contribution < 1.29 is 23.1 Å². The largest absolute Gasteiger partial charge is 0.488 e. The molecule has 1 aromatic carbocycles. The summed E-state index contributed by atoms with van der Waals surface area (Å²) in [7, 11) is -3.99. The Kier molecular flexibility index (Phi) is 8.84. The Balaban J connectivity index is 1.06. The Morgan fingerprint density at radius 1 is 1.00 bits per heavy atom. The molecule has 0 aromatic heterocycles. The Bertz CT molecular complexity index is 1380. The van der Waals surface area contributed by atoms with Crippen molar-refractivity contribution in [3.63, 3.8) is 0 Å². The number of sulfonamides is 1. The number of aliphatic hydroxyl groups is 1. The van der Waals surface area contributed by atoms with Gasteiger partial charge < -0.3 is 15.2 Å². The monoisotopic (exact) mass is 642 g/mol. The lowest BCUT2D eigenvalue weighted by Crippen LogP contribution is -2.61. The van der Waals surface area contributed by atoms with Crippen LogP contribution < -0.4 is 14.8 Å². The molecule has 0 bridgehead atoms. The van der Waals surface area contributed by atoms with Gasteiger partial charge in [-0.05, 0) is 148 Å². The van der Waals surface area contributed by atoms with Gasteiger partial charge in [0.05, 0.1) is 11.0 Å². The van der Waals surface area contributed by atoms with Crippen molar-refractivity contribution in [2.45, 2.75) is 135 Å². The molecule has 6 rings (SSSR count). The molecule has 1 aliphatic heterocycles. The van der Waals surface area contributed by atoms with E-state index in [0.29, 0.717) is 59.1 Å². The van der Waals surface area contributed by atoms with Crippen molar-refractivity contribution in [1.82, 2.24) is 10.0 Å². The minimum absolute atomic E-state index is 0.0808. The summed E-state index contributed by atoms with van der Waals surface area (Å²) in [5.74, 6) is 4.34. The molecular weight excluding hydrogens is 584 g/mol. The second-order valence-corrected chi connectivity index (χ2v) is 18.4. The maximum atomic E-state index is 13.0. The van der Waals surface area contributed by atoms with E-state index in [1.54, 1.807) is 12.1 Å². The average molecular weight is 643 g/mol. The summed E-state index contributed by atoms with van der Waals surface area (Å²) in [6.45, 7) is 14.2. The van der Waals surface area contributed by atoms with E-state index in [9.17, 15) is 18.3 Å². The van der Waals surface area contributed by atoms with Gasteiger partial charge in [0.25, 0.3) is 10.0 Å². The van der Waals surface area contributed by atoms with E-state index in [2.05, 4.69) is 37.7 Å². The van der Waals surface area contributed by atoms with Gasteiger partial charge in [-0.15, -0.1) is 0 Å². The maximum absolute atomic E-state index is 13.0. The van der Waals surface area contributed by atoms with Gasteiger partial charge in [0, 0.05) is 6.54 Å². The molecule has 8 heteroatoms. The van der Waals surface area contributed by atoms with Gasteiger partial charge in [0.1, 0.15) is 11.4 Å². The molecule has 4 saturated carbocycles. The Morgan fingerprint density at radius 3 is 2.51 bits per heavy atom. The van der Waals surface area contributed by atoms with Gasteiger partial charge in [-0.2, -0.15) is 0 Å². The number of aryl methyl sites for hydroxylation is 1. The number of ether oxygens (including phenoxy) is 1. The van der Waals surface area contributed by atoms with Crippen LogP contribution in [0.1, 0.15) is 118 Å². The van der Waals surface area contributed by atoms with Crippen LogP contribution in [0, 0.1) is 52.3 Å². The normalized spacial score (nSPS) is 39.3. The molecule has 0 saturated heterocycles. The fourth-order valence-electron chi connectivity index (χ4n) is 11.6. The van der Waals surface area contributed by atoms with Crippen LogP contribution >= 0.6 is 0 Å². The van der Waals surface area contributed by atoms with Gasteiger partial charge in [-0.1, -0.05) is 47.0 Å². The van der Waals surface area contributed by atoms with E-state index in [1.165, 1.54) is 57.4 Å². The smallest absolute Gasteiger partial charge is 0.328 e. The predicted octanol–water partition coefficient (Wildman–Crippen LogP) is 7.46. The summed E-state index contributed by atoms with van der Waals surface area (Å²) < 4.78 is 34.3. The standard InChI is InChI=1S/C37H58N2O5S/c1-7-26-28-10-8-9-18-36(28,5)30-16-20-37(6)27(12-13-29(37)32(30)33(26)40)23(2)17-21-38-34(41)39-45(42,43)25-11-14-31-24(22-25)15-19-35(3,4)44-31/h11,14,22-23,26-30,32-33,40H,7-10,12-13,15-21H2,1-6H3,(H2,38,39,41)/t23-,26-,27-,28+,29+,30?,32+,33-,36+,37-/m1/s1. The van der Waals surface area contributed by atoms with Crippen LogP contribution in [0.4, 0.5) is 4.79 Å². The molecule has 10 atom stereocenters. The number of amides is 2. The molecule has 252 valence electrons. The second-order valence-electron chi connectivity index (χ2n) is 16.7. The first-order valence-electron chi connectivity index (χ1n) is 18.0. The summed E-state index contributed by atoms with van der Waals surface area (Å²) in [5, 5.41) is 14.8. The van der Waals surface area contributed by atoms with Gasteiger partial charge in [-0.25, -0.2) is 17.9 Å². The molecule has 1 heterocycles. The van der Waals surface area contributed by atoms with Crippen molar-refractivity contribution in [1.29, 1.82) is 0 Å². The molecule has 4 fully saturated rings. The van der Waals surface area contributed by atoms with E-state index in [4.69, 9.17) is 4.74 Å². The van der Waals surface area contributed by atoms with Crippen molar-refractivity contribution >= 4 is 16.1 Å². The van der Waals surface area contributed by atoms with Crippen molar-refractivity contribution in [3.8, 4) is 5.75 Å². The van der Waals surface area contributed by atoms with E-state index >= 15 is 0 Å². The summed E-state index contributed by atoms with van der Waals surface area (Å²) in [4.78, 5) is 12.8. The summed E-state index contributed by atoms with van der Waals surface area (Å²) >= 11 is 0. The molecule has 7 nitrogen and oxygen atoms in total. The minimum Gasteiger partial charge on any atom is -0.488 e. The van der Waals surface area contributed by atoms with E-state index in [-0.39, 0.29) is 22.0 Å². The first-order chi connectivity index (χ1) is 21.2. The SMILES string of the molecule is CC[C@H]1[C@@H](O)[C@@H]2C(CC[C@]3(C)[C@@H]([C@H](C)CCNC(=O)NS(=O)(=O)c4ccc5c(c4)CCC(C)(C)O5)CC[C@@H]23)[C@@]2(C)CCCC[C@@H]12. The number of carbonyl (C=O) groups is 1. The lowest BCUT2D eigenvalue weighted by molar-refractivity contribution is -0.194. The highest BCUT2D eigenvalue weighted by atomic mass is 32.2. The number of benzene rings is 1. The summed E-state index contributed by atoms with van der Waals surface area (Å²) in [5.41, 5.74) is 1.15. The zero-order valence-corrected chi connectivity index (χ0v) is 29.3. The zero-order chi connectivity index (χ0) is 32.4. The molecule has 5 aliphatic rings. The van der Waals surface area contributed by atoms with Gasteiger partial charge in [0.15, 0.2) is 0 Å². The molecule has 1 aromatic rings. The second kappa shape index (κ2) is 12.0. The summed E-state index contributed by atoms with van der Waals surface area (Å²) in [6, 6.07) is 4.13. The molecule has 0 spiro atoms. The first kappa shape index (κ1) is 33.1. The van der Waals surface area contributed by atoms with Crippen LogP contribution in [0.25, 0.3) is 0 Å². The van der Waals surface area contributed by atoms with Crippen molar-refractivity contribution in [2.24, 2.45) is 52.3 Å². The maximum Gasteiger partial charge on any atom is 0.328 e. The third kappa shape index (κ3) is 5.83. The highest BCUT2D eigenvalue weighted by molar-refractivity contribution is 7.90. The third-order valence-corrected chi connectivity index (χ3v) is 15.3. The van der Waals surface area contributed by atoms with Gasteiger partial charge in [-0.3, -0.25) is 0 Å². The minimum atomic E-state index is -3.99. The number of urea groups is 1. The molecule has 45 heavy (non-hydrogen) atoms. The quantitative estimate of drug-likeness (QED) is 0.286. The van der Waals surface area contributed by atoms with Crippen molar-refractivity contribution in [3.05, 3.63) is 23.8 Å². The number of fused-ring (bicyclic) bond motifs is 6. The zero-order valence-electron chi connectivity index (χ0n) is 28.5. The number of rotatable bonds is 7. The molecular formula is C37H58N2O5S. The van der Waals surface area contributed by atoms with E-state index in [0.717, 1.165) is 31.2 Å². The van der Waals surface area contributed by atoms with Crippen LogP contribution in [0.5, 0.6) is 5.75 Å². The highest BCUT2D eigenvalue weighted by Gasteiger charge is 2.64. The van der Waals surface area contributed by atoms with Crippen LogP contribution in [0.2, 0.25) is 0 Å². The summed E-state index contributed by atoms with van der Waals surface area (Å²) in [6.07, 6.45) is 13.3. The van der Waals surface area contributed by atoms with Crippen LogP contribution in [0.15, 0.2) is 23.1 Å². The van der Waals surface area contributed by atoms with E-state index in [1.807, 2.05) is 13.8 Å². The highest BCUT2D eigenvalue weighted by Crippen LogP contribution is 2.69. The number of hydrogen-bond acceptors (Lipinski definition) is 5. The van der Waals surface area contributed by atoms with Crippen LogP contribution in [-0.4, -0.2) is 37.8 Å². The van der Waals surface area contributed by atoms with E-state index < -0.39 is 16.1 Å². The number of nitrogens with one attached hydrogen (secondary N) is 2. The van der Waals surface area contributed by atoms with Crippen LogP contribution in [0.3, 0.4) is 0 Å². The third-order valence-electron chi connectivity index (χ3n) is 13.9. The van der Waals surface area contributed by atoms with Crippen LogP contribution in [-0.2, 0) is 16.4 Å². The Labute approximate surface area is 272 Å². The molecule has 2 amide bonds. The van der Waals surface area contributed by atoms with Gasteiger partial charge in [0.2, 0.25) is 0 Å². The van der Waals surface area contributed by atoms with Gasteiger partial charge >= 0.3 is 6.03 Å². The number of hydrogen-bond donors (Lipinski definition) is 3. The fourth-order valence-corrected chi connectivity index (χ4v) is 12.6. The first-order valence-corrected chi connectivity index (χ1v) is 19.5. The molecule has 0 radical (unpaired) electrons. The molecule has 3 N–H and O–H groups in total. The number of aliphatic hydroxyl groups excluding tert-OH is 1. The van der Waals surface area contributed by atoms with Crippen molar-refractivity contribution in [2.75, 3.05) is 6.54 Å². The predicted molar refractivity (Wildman–Crippen MR) is 177 cm³/mol. The lowest BCUT2D eigenvalue weighted by atomic mass is 9.41.